The van der Waals surface area contributed by atoms with E-state index in [1.54, 1.807) is 7.11 Å². The van der Waals surface area contributed by atoms with Crippen molar-refractivity contribution in [3.05, 3.63) is 11.8 Å². The number of nitrogens with zero attached hydrogens (tertiary/aromatic N) is 3. The first-order valence-electron chi connectivity index (χ1n) is 6.98. The van der Waals surface area contributed by atoms with E-state index in [0.717, 1.165) is 32.7 Å². The van der Waals surface area contributed by atoms with Crippen molar-refractivity contribution in [1.82, 2.24) is 14.7 Å². The molecule has 1 fully saturated rings. The maximum absolute atomic E-state index is 5.89. The van der Waals surface area contributed by atoms with Crippen LogP contribution in [0.25, 0.3) is 0 Å². The molecule has 1 saturated heterocycles. The molecule has 1 atom stereocenters. The van der Waals surface area contributed by atoms with Gasteiger partial charge in [0, 0.05) is 43.9 Å². The fourth-order valence-corrected chi connectivity index (χ4v) is 2.69. The Morgan fingerprint density at radius 1 is 1.47 bits per heavy atom. The van der Waals surface area contributed by atoms with Crippen LogP contribution in [0.1, 0.15) is 38.9 Å². The van der Waals surface area contributed by atoms with Crippen molar-refractivity contribution in [3.63, 3.8) is 0 Å². The van der Waals surface area contributed by atoms with E-state index in [0.29, 0.717) is 11.9 Å². The van der Waals surface area contributed by atoms with Crippen LogP contribution in [0.2, 0.25) is 0 Å². The summed E-state index contributed by atoms with van der Waals surface area (Å²) in [4.78, 5) is 2.43. The maximum atomic E-state index is 5.89. The molecule has 2 rings (SSSR count). The molecule has 0 bridgehead atoms. The summed E-state index contributed by atoms with van der Waals surface area (Å²) in [6.07, 6.45) is 1.13. The van der Waals surface area contributed by atoms with Crippen LogP contribution in [-0.2, 0) is 10.2 Å². The van der Waals surface area contributed by atoms with Crippen LogP contribution in [0, 0.1) is 0 Å². The van der Waals surface area contributed by atoms with Crippen LogP contribution in [0.15, 0.2) is 6.07 Å². The van der Waals surface area contributed by atoms with Crippen molar-refractivity contribution in [3.8, 4) is 0 Å². The first-order chi connectivity index (χ1) is 8.91. The minimum atomic E-state index is 0.0740. The third-order valence-electron chi connectivity index (χ3n) is 3.73. The summed E-state index contributed by atoms with van der Waals surface area (Å²) >= 11 is 0. The molecule has 5 nitrogen and oxygen atoms in total. The average Bonchev–Trinajstić information content (AvgIpc) is 2.91. The Bertz CT molecular complexity index is 422. The van der Waals surface area contributed by atoms with Crippen LogP contribution in [0.5, 0.6) is 0 Å². The lowest BCUT2D eigenvalue weighted by molar-refractivity contribution is 0.158. The molecule has 1 aliphatic rings. The number of anilines is 1. The first kappa shape index (κ1) is 14.3. The summed E-state index contributed by atoms with van der Waals surface area (Å²) in [5, 5.41) is 4.51. The maximum Gasteiger partial charge on any atom is 0.145 e. The van der Waals surface area contributed by atoms with Gasteiger partial charge in [-0.25, -0.2) is 0 Å². The van der Waals surface area contributed by atoms with E-state index in [2.05, 4.69) is 35.5 Å². The largest absolute Gasteiger partial charge is 0.383 e. The lowest BCUT2D eigenvalue weighted by Gasteiger charge is -2.23. The molecule has 0 spiro atoms. The highest BCUT2D eigenvalue weighted by Gasteiger charge is 2.29. The van der Waals surface area contributed by atoms with E-state index in [4.69, 9.17) is 10.5 Å². The summed E-state index contributed by atoms with van der Waals surface area (Å²) in [7, 11) is 1.75. The molecule has 0 radical (unpaired) electrons. The van der Waals surface area contributed by atoms with Crippen molar-refractivity contribution >= 4 is 5.82 Å². The fraction of sp³-hybridized carbons (Fsp3) is 0.786. The number of nitrogen functional groups attached to an aromatic ring is 1. The molecule has 2 heterocycles. The molecule has 0 aliphatic carbocycles. The highest BCUT2D eigenvalue weighted by molar-refractivity contribution is 5.33. The minimum Gasteiger partial charge on any atom is -0.383 e. The zero-order valence-electron chi connectivity index (χ0n) is 12.5. The second-order valence-electron chi connectivity index (χ2n) is 6.38. The van der Waals surface area contributed by atoms with Crippen molar-refractivity contribution in [2.75, 3.05) is 39.1 Å². The molecule has 5 heteroatoms. The summed E-state index contributed by atoms with van der Waals surface area (Å²) in [6, 6.07) is 2.45. The standard InChI is InChI=1S/C14H26N4O/c1-14(2,3)12-9-13(15)16-18(12)11-5-6-17(10-11)7-8-19-4/h9,11H,5-8,10H2,1-4H3,(H2,15,16). The molecule has 1 aliphatic heterocycles. The van der Waals surface area contributed by atoms with Gasteiger partial charge >= 0.3 is 0 Å². The second kappa shape index (κ2) is 5.51. The molecular weight excluding hydrogens is 240 g/mol. The van der Waals surface area contributed by atoms with Crippen LogP contribution < -0.4 is 5.73 Å². The number of aromatic nitrogens is 2. The molecule has 0 aromatic carbocycles. The van der Waals surface area contributed by atoms with Crippen molar-refractivity contribution < 1.29 is 4.74 Å². The van der Waals surface area contributed by atoms with E-state index in [1.165, 1.54) is 5.69 Å². The smallest absolute Gasteiger partial charge is 0.145 e. The van der Waals surface area contributed by atoms with Gasteiger partial charge in [0.1, 0.15) is 5.82 Å². The molecule has 0 saturated carbocycles. The van der Waals surface area contributed by atoms with E-state index in [9.17, 15) is 0 Å². The zero-order chi connectivity index (χ0) is 14.0. The molecular formula is C14H26N4O. The van der Waals surface area contributed by atoms with Crippen LogP contribution in [-0.4, -0.2) is 48.0 Å². The normalized spacial score (nSPS) is 21.2. The third kappa shape index (κ3) is 3.28. The summed E-state index contributed by atoms with van der Waals surface area (Å²) in [6.45, 7) is 10.5. The molecule has 108 valence electrons. The highest BCUT2D eigenvalue weighted by atomic mass is 16.5. The molecule has 19 heavy (non-hydrogen) atoms. The van der Waals surface area contributed by atoms with Crippen molar-refractivity contribution in [2.45, 2.75) is 38.6 Å². The van der Waals surface area contributed by atoms with Gasteiger partial charge in [-0.3, -0.25) is 9.58 Å². The Kier molecular flexibility index (Phi) is 4.16. The quantitative estimate of drug-likeness (QED) is 0.900. The number of ether oxygens (including phenoxy) is 1. The molecule has 0 amide bonds. The van der Waals surface area contributed by atoms with Gasteiger partial charge in [-0.05, 0) is 6.42 Å². The number of methoxy groups -OCH3 is 1. The lowest BCUT2D eigenvalue weighted by atomic mass is 9.91. The third-order valence-corrected chi connectivity index (χ3v) is 3.73. The van der Waals surface area contributed by atoms with E-state index < -0.39 is 0 Å². The molecule has 1 aromatic heterocycles. The Morgan fingerprint density at radius 3 is 2.84 bits per heavy atom. The Morgan fingerprint density at radius 2 is 2.21 bits per heavy atom. The van der Waals surface area contributed by atoms with Crippen LogP contribution in [0.4, 0.5) is 5.82 Å². The van der Waals surface area contributed by atoms with Gasteiger partial charge in [-0.1, -0.05) is 20.8 Å². The topological polar surface area (TPSA) is 56.3 Å². The van der Waals surface area contributed by atoms with Gasteiger partial charge in [0.2, 0.25) is 0 Å². The average molecular weight is 266 g/mol. The SMILES string of the molecule is COCCN1CCC(n2nc(N)cc2C(C)(C)C)C1. The van der Waals surface area contributed by atoms with Gasteiger partial charge in [-0.15, -0.1) is 0 Å². The fourth-order valence-electron chi connectivity index (χ4n) is 2.69. The van der Waals surface area contributed by atoms with Crippen molar-refractivity contribution in [1.29, 1.82) is 0 Å². The Labute approximate surface area is 115 Å². The Balaban J connectivity index is 2.11. The van der Waals surface area contributed by atoms with Gasteiger partial charge < -0.3 is 10.5 Å². The predicted octanol–water partition coefficient (Wildman–Crippen LogP) is 1.66. The van der Waals surface area contributed by atoms with Gasteiger partial charge in [-0.2, -0.15) is 5.10 Å². The number of nitrogens with two attached hydrogens (primary N) is 1. The Hall–Kier alpha value is -1.07. The summed E-state index contributed by atoms with van der Waals surface area (Å²) < 4.78 is 7.28. The van der Waals surface area contributed by atoms with Gasteiger partial charge in [0.05, 0.1) is 12.6 Å². The van der Waals surface area contributed by atoms with E-state index in [1.807, 2.05) is 6.07 Å². The minimum absolute atomic E-state index is 0.0740. The van der Waals surface area contributed by atoms with Crippen LogP contribution >= 0.6 is 0 Å². The van der Waals surface area contributed by atoms with Crippen LogP contribution in [0.3, 0.4) is 0 Å². The number of hydrogen-bond donors (Lipinski definition) is 1. The predicted molar refractivity (Wildman–Crippen MR) is 77.3 cm³/mol. The lowest BCUT2D eigenvalue weighted by Crippen LogP contribution is -2.27. The second-order valence-corrected chi connectivity index (χ2v) is 6.38. The van der Waals surface area contributed by atoms with E-state index in [-0.39, 0.29) is 5.41 Å². The van der Waals surface area contributed by atoms with Crippen molar-refractivity contribution in [2.24, 2.45) is 0 Å². The number of hydrogen-bond acceptors (Lipinski definition) is 4. The zero-order valence-corrected chi connectivity index (χ0v) is 12.5. The molecule has 1 aromatic rings. The van der Waals surface area contributed by atoms with Gasteiger partial charge in [0.25, 0.3) is 0 Å². The number of rotatable bonds is 4. The van der Waals surface area contributed by atoms with Gasteiger partial charge in [0.15, 0.2) is 0 Å². The number of likely N-dealkylation sites (tertiary alicyclic amines) is 1. The summed E-state index contributed by atoms with van der Waals surface area (Å²) in [5.74, 6) is 0.625. The highest BCUT2D eigenvalue weighted by Crippen LogP contribution is 2.30. The molecule has 2 N–H and O–H groups in total. The van der Waals surface area contributed by atoms with E-state index >= 15 is 0 Å². The molecule has 1 unspecified atom stereocenters. The summed E-state index contributed by atoms with van der Waals surface area (Å²) in [5.41, 5.74) is 7.19. The monoisotopic (exact) mass is 266 g/mol. The first-order valence-corrected chi connectivity index (χ1v) is 6.98.